The topological polar surface area (TPSA) is 55.2 Å². The van der Waals surface area contributed by atoms with Crippen molar-refractivity contribution in [2.45, 2.75) is 46.1 Å². The van der Waals surface area contributed by atoms with Gasteiger partial charge < -0.3 is 5.32 Å². The van der Waals surface area contributed by atoms with Gasteiger partial charge in [-0.1, -0.05) is 26.3 Å². The maximum Gasteiger partial charge on any atom is 0.271 e. The second-order valence-corrected chi connectivity index (χ2v) is 4.29. The largest absolute Gasteiger partial charge is 0.382 e. The van der Waals surface area contributed by atoms with Crippen LogP contribution in [0.1, 0.15) is 38.7 Å². The lowest BCUT2D eigenvalue weighted by Crippen LogP contribution is -2.18. The van der Waals surface area contributed by atoms with E-state index in [-0.39, 0.29) is 10.6 Å². The molecule has 0 aromatic heterocycles. The van der Waals surface area contributed by atoms with Crippen LogP contribution in [0.25, 0.3) is 0 Å². The molecule has 0 heterocycles. The molecule has 0 spiro atoms. The van der Waals surface area contributed by atoms with E-state index >= 15 is 0 Å². The molecule has 0 bridgehead atoms. The number of hydrogen-bond acceptors (Lipinski definition) is 3. The molecule has 4 nitrogen and oxygen atoms in total. The predicted octanol–water partition coefficient (Wildman–Crippen LogP) is 3.89. The van der Waals surface area contributed by atoms with Gasteiger partial charge in [-0.05, 0) is 25.3 Å². The van der Waals surface area contributed by atoms with Gasteiger partial charge in [0.15, 0.2) is 0 Å². The highest BCUT2D eigenvalue weighted by molar-refractivity contribution is 5.57. The molecule has 94 valence electrons. The third-order valence-corrected chi connectivity index (χ3v) is 2.92. The maximum atomic E-state index is 10.7. The number of hydrogen-bond donors (Lipinski definition) is 1. The summed E-state index contributed by atoms with van der Waals surface area (Å²) in [5, 5.41) is 14.1. The molecule has 1 unspecified atom stereocenters. The summed E-state index contributed by atoms with van der Waals surface area (Å²) in [7, 11) is 0. The number of nitro groups is 1. The Labute approximate surface area is 102 Å². The van der Waals surface area contributed by atoms with Crippen LogP contribution in [0, 0.1) is 17.0 Å². The minimum atomic E-state index is -0.356. The Kier molecular flexibility index (Phi) is 4.94. The highest BCUT2D eigenvalue weighted by atomic mass is 16.6. The minimum absolute atomic E-state index is 0.143. The number of nitro benzene ring substituents is 1. The molecule has 0 amide bonds. The van der Waals surface area contributed by atoms with Crippen LogP contribution in [0.4, 0.5) is 11.4 Å². The Morgan fingerprint density at radius 3 is 2.65 bits per heavy atom. The second kappa shape index (κ2) is 6.23. The molecular formula is C13H20N2O2. The Morgan fingerprint density at radius 1 is 1.41 bits per heavy atom. The summed E-state index contributed by atoms with van der Waals surface area (Å²) in [4.78, 5) is 10.4. The lowest BCUT2D eigenvalue weighted by atomic mass is 10.1. The van der Waals surface area contributed by atoms with Crippen molar-refractivity contribution in [1.29, 1.82) is 0 Å². The van der Waals surface area contributed by atoms with Gasteiger partial charge >= 0.3 is 0 Å². The van der Waals surface area contributed by atoms with Gasteiger partial charge in [0.05, 0.1) is 4.92 Å². The average molecular weight is 236 g/mol. The summed E-state index contributed by atoms with van der Waals surface area (Å²) in [6.07, 6.45) is 3.22. The van der Waals surface area contributed by atoms with Crippen LogP contribution in [0.2, 0.25) is 0 Å². The molecule has 0 aliphatic heterocycles. The summed E-state index contributed by atoms with van der Waals surface area (Å²) in [5.74, 6) is 0. The molecule has 0 saturated heterocycles. The molecule has 1 N–H and O–H groups in total. The second-order valence-electron chi connectivity index (χ2n) is 4.29. The molecule has 0 radical (unpaired) electrons. The van der Waals surface area contributed by atoms with Crippen molar-refractivity contribution in [1.82, 2.24) is 0 Å². The number of rotatable bonds is 6. The highest BCUT2D eigenvalue weighted by Gasteiger charge is 2.11. The summed E-state index contributed by atoms with van der Waals surface area (Å²) < 4.78 is 0. The summed E-state index contributed by atoms with van der Waals surface area (Å²) in [6, 6.07) is 5.34. The number of non-ortho nitro benzene ring substituents is 1. The molecule has 0 aliphatic carbocycles. The Morgan fingerprint density at radius 2 is 2.12 bits per heavy atom. The van der Waals surface area contributed by atoms with Gasteiger partial charge in [-0.3, -0.25) is 10.1 Å². The SMILES string of the molecule is CCCC(CC)Nc1cc([N+](=O)[O-])ccc1C. The van der Waals surface area contributed by atoms with Crippen LogP contribution in [0.15, 0.2) is 18.2 Å². The van der Waals surface area contributed by atoms with Crippen LogP contribution >= 0.6 is 0 Å². The van der Waals surface area contributed by atoms with E-state index in [1.165, 1.54) is 0 Å². The zero-order valence-corrected chi connectivity index (χ0v) is 10.7. The van der Waals surface area contributed by atoms with E-state index in [4.69, 9.17) is 0 Å². The minimum Gasteiger partial charge on any atom is -0.382 e. The van der Waals surface area contributed by atoms with E-state index in [0.717, 1.165) is 30.5 Å². The van der Waals surface area contributed by atoms with Crippen molar-refractivity contribution in [2.75, 3.05) is 5.32 Å². The molecule has 0 fully saturated rings. The van der Waals surface area contributed by atoms with E-state index in [0.29, 0.717) is 6.04 Å². The summed E-state index contributed by atoms with van der Waals surface area (Å²) in [6.45, 7) is 6.23. The quantitative estimate of drug-likeness (QED) is 0.602. The van der Waals surface area contributed by atoms with Crippen molar-refractivity contribution in [3.63, 3.8) is 0 Å². The molecule has 17 heavy (non-hydrogen) atoms. The van der Waals surface area contributed by atoms with Gasteiger partial charge in [-0.25, -0.2) is 0 Å². The number of nitrogens with one attached hydrogen (secondary N) is 1. The van der Waals surface area contributed by atoms with E-state index in [1.807, 2.05) is 6.92 Å². The van der Waals surface area contributed by atoms with Crippen molar-refractivity contribution in [3.05, 3.63) is 33.9 Å². The van der Waals surface area contributed by atoms with Gasteiger partial charge in [-0.2, -0.15) is 0 Å². The summed E-state index contributed by atoms with van der Waals surface area (Å²) in [5.41, 5.74) is 2.06. The molecule has 0 aliphatic rings. The highest BCUT2D eigenvalue weighted by Crippen LogP contribution is 2.23. The first-order valence-corrected chi connectivity index (χ1v) is 6.10. The van der Waals surface area contributed by atoms with Crippen molar-refractivity contribution < 1.29 is 4.92 Å². The first-order valence-electron chi connectivity index (χ1n) is 6.10. The van der Waals surface area contributed by atoms with E-state index < -0.39 is 0 Å². The first kappa shape index (κ1) is 13.5. The van der Waals surface area contributed by atoms with Crippen LogP contribution in [-0.4, -0.2) is 11.0 Å². The normalized spacial score (nSPS) is 12.2. The fraction of sp³-hybridized carbons (Fsp3) is 0.538. The predicted molar refractivity (Wildman–Crippen MR) is 70.4 cm³/mol. The molecule has 1 atom stereocenters. The van der Waals surface area contributed by atoms with Crippen LogP contribution in [-0.2, 0) is 0 Å². The van der Waals surface area contributed by atoms with Crippen molar-refractivity contribution >= 4 is 11.4 Å². The van der Waals surface area contributed by atoms with Crippen LogP contribution in [0.5, 0.6) is 0 Å². The lowest BCUT2D eigenvalue weighted by Gasteiger charge is -2.18. The first-order chi connectivity index (χ1) is 8.08. The number of aryl methyl sites for hydroxylation is 1. The van der Waals surface area contributed by atoms with E-state index in [2.05, 4.69) is 19.2 Å². The van der Waals surface area contributed by atoms with Gasteiger partial charge in [-0.15, -0.1) is 0 Å². The maximum absolute atomic E-state index is 10.7. The van der Waals surface area contributed by atoms with Gasteiger partial charge in [0.25, 0.3) is 5.69 Å². The Hall–Kier alpha value is -1.58. The van der Waals surface area contributed by atoms with Gasteiger partial charge in [0, 0.05) is 23.9 Å². The molecule has 0 saturated carbocycles. The monoisotopic (exact) mass is 236 g/mol. The third-order valence-electron chi connectivity index (χ3n) is 2.92. The molecular weight excluding hydrogens is 216 g/mol. The lowest BCUT2D eigenvalue weighted by molar-refractivity contribution is -0.384. The van der Waals surface area contributed by atoms with Crippen LogP contribution in [0.3, 0.4) is 0 Å². The number of anilines is 1. The standard InChI is InChI=1S/C13H20N2O2/c1-4-6-11(5-2)14-13-9-12(15(16)17)8-7-10(13)3/h7-9,11,14H,4-6H2,1-3H3. The van der Waals surface area contributed by atoms with Crippen molar-refractivity contribution in [3.8, 4) is 0 Å². The molecule has 1 rings (SSSR count). The van der Waals surface area contributed by atoms with Crippen molar-refractivity contribution in [2.24, 2.45) is 0 Å². The van der Waals surface area contributed by atoms with Gasteiger partial charge in [0.2, 0.25) is 0 Å². The zero-order chi connectivity index (χ0) is 12.8. The van der Waals surface area contributed by atoms with E-state index in [9.17, 15) is 10.1 Å². The third kappa shape index (κ3) is 3.73. The van der Waals surface area contributed by atoms with Gasteiger partial charge in [0.1, 0.15) is 0 Å². The summed E-state index contributed by atoms with van der Waals surface area (Å²) >= 11 is 0. The fourth-order valence-corrected chi connectivity index (χ4v) is 1.83. The zero-order valence-electron chi connectivity index (χ0n) is 10.7. The van der Waals surface area contributed by atoms with E-state index in [1.54, 1.807) is 18.2 Å². The number of nitrogens with zero attached hydrogens (tertiary/aromatic N) is 1. The Bertz CT molecular complexity index is 391. The smallest absolute Gasteiger partial charge is 0.271 e. The average Bonchev–Trinajstić information content (AvgIpc) is 2.30. The van der Waals surface area contributed by atoms with Crippen LogP contribution < -0.4 is 5.32 Å². The molecule has 4 heteroatoms. The molecule has 1 aromatic rings. The number of benzene rings is 1. The fourth-order valence-electron chi connectivity index (χ4n) is 1.83. The Balaban J connectivity index is 2.88. The molecule has 1 aromatic carbocycles.